The first kappa shape index (κ1) is 14.9. The van der Waals surface area contributed by atoms with Gasteiger partial charge in [-0.1, -0.05) is 6.07 Å². The highest BCUT2D eigenvalue weighted by Gasteiger charge is 2.13. The van der Waals surface area contributed by atoms with Crippen LogP contribution >= 0.6 is 15.9 Å². The zero-order chi connectivity index (χ0) is 14.5. The highest BCUT2D eigenvalue weighted by Crippen LogP contribution is 2.21. The summed E-state index contributed by atoms with van der Waals surface area (Å²) >= 11 is 3.19. The fraction of sp³-hybridized carbons (Fsp3) is 0.286. The molecule has 0 fully saturated rings. The Morgan fingerprint density at radius 3 is 2.65 bits per heavy atom. The number of benzene rings is 1. The summed E-state index contributed by atoms with van der Waals surface area (Å²) in [6.45, 7) is 0. The van der Waals surface area contributed by atoms with Crippen LogP contribution in [-0.4, -0.2) is 24.4 Å². The minimum atomic E-state index is -0.265. The third kappa shape index (κ3) is 3.52. The molecular formula is C14H15BrFN3O. The monoisotopic (exact) mass is 339 g/mol. The first-order chi connectivity index (χ1) is 9.63. The van der Waals surface area contributed by atoms with E-state index in [1.165, 1.54) is 6.07 Å². The molecule has 2 aromatic rings. The molecule has 106 valence electrons. The molecule has 2 rings (SSSR count). The van der Waals surface area contributed by atoms with Crippen molar-refractivity contribution in [2.45, 2.75) is 12.5 Å². The molecule has 0 aliphatic carbocycles. The maximum atomic E-state index is 13.2. The molecule has 6 heteroatoms. The van der Waals surface area contributed by atoms with E-state index in [-0.39, 0.29) is 11.9 Å². The number of hydrogen-bond acceptors (Lipinski definition) is 4. The van der Waals surface area contributed by atoms with Crippen molar-refractivity contribution < 1.29 is 9.13 Å². The Balaban J connectivity index is 2.16. The topological polar surface area (TPSA) is 47.0 Å². The van der Waals surface area contributed by atoms with Crippen molar-refractivity contribution in [1.29, 1.82) is 0 Å². The predicted octanol–water partition coefficient (Wildman–Crippen LogP) is 2.89. The Hall–Kier alpha value is -1.53. The zero-order valence-electron chi connectivity index (χ0n) is 11.2. The van der Waals surface area contributed by atoms with E-state index in [0.29, 0.717) is 16.8 Å². The van der Waals surface area contributed by atoms with Gasteiger partial charge in [0.05, 0.1) is 23.3 Å². The van der Waals surface area contributed by atoms with Gasteiger partial charge in [-0.2, -0.15) is 5.10 Å². The number of ether oxygens (including phenoxy) is 1. The smallest absolute Gasteiger partial charge is 0.233 e. The van der Waals surface area contributed by atoms with Crippen LogP contribution in [0.1, 0.15) is 17.3 Å². The zero-order valence-corrected chi connectivity index (χ0v) is 12.8. The third-order valence-electron chi connectivity index (χ3n) is 3.00. The predicted molar refractivity (Wildman–Crippen MR) is 78.2 cm³/mol. The van der Waals surface area contributed by atoms with Crippen LogP contribution in [0, 0.1) is 5.82 Å². The van der Waals surface area contributed by atoms with Gasteiger partial charge >= 0.3 is 0 Å². The molecule has 0 aliphatic heterocycles. The molecule has 0 spiro atoms. The van der Waals surface area contributed by atoms with Gasteiger partial charge in [0.25, 0.3) is 0 Å². The van der Waals surface area contributed by atoms with E-state index >= 15 is 0 Å². The van der Waals surface area contributed by atoms with Crippen molar-refractivity contribution in [2.75, 3.05) is 14.2 Å². The van der Waals surface area contributed by atoms with Crippen molar-refractivity contribution in [2.24, 2.45) is 0 Å². The summed E-state index contributed by atoms with van der Waals surface area (Å²) in [6, 6.07) is 8.63. The van der Waals surface area contributed by atoms with Crippen LogP contribution in [0.2, 0.25) is 0 Å². The first-order valence-electron chi connectivity index (χ1n) is 6.13. The summed E-state index contributed by atoms with van der Waals surface area (Å²) in [4.78, 5) is 0. The Kier molecular flexibility index (Phi) is 5.03. The lowest BCUT2D eigenvalue weighted by Crippen LogP contribution is -2.20. The molecule has 0 amide bonds. The maximum absolute atomic E-state index is 13.2. The Labute approximate surface area is 125 Å². The number of hydrogen-bond donors (Lipinski definition) is 1. The SMILES string of the molecule is CNC(Cc1ccc(F)c(Br)c1)c1ccc(OC)nn1. The van der Waals surface area contributed by atoms with Crippen molar-refractivity contribution in [1.82, 2.24) is 15.5 Å². The number of nitrogens with zero attached hydrogens (tertiary/aromatic N) is 2. The number of rotatable bonds is 5. The van der Waals surface area contributed by atoms with Crippen LogP contribution in [0.3, 0.4) is 0 Å². The molecule has 4 nitrogen and oxygen atoms in total. The minimum absolute atomic E-state index is 0.00534. The van der Waals surface area contributed by atoms with Gasteiger partial charge in [-0.3, -0.25) is 0 Å². The lowest BCUT2D eigenvalue weighted by atomic mass is 10.0. The fourth-order valence-corrected chi connectivity index (χ4v) is 2.31. The van der Waals surface area contributed by atoms with Crippen LogP contribution in [0.4, 0.5) is 4.39 Å². The average Bonchev–Trinajstić information content (AvgIpc) is 2.48. The Morgan fingerprint density at radius 2 is 2.10 bits per heavy atom. The summed E-state index contributed by atoms with van der Waals surface area (Å²) < 4.78 is 18.7. The number of methoxy groups -OCH3 is 1. The lowest BCUT2D eigenvalue weighted by Gasteiger charge is -2.15. The standard InChI is InChI=1S/C14H15BrFN3O/c1-17-13(12-5-6-14(20-2)19-18-12)8-9-3-4-11(16)10(15)7-9/h3-7,13,17H,8H2,1-2H3. The molecule has 0 bridgehead atoms. The van der Waals surface area contributed by atoms with E-state index in [1.807, 2.05) is 13.1 Å². The second-order valence-electron chi connectivity index (χ2n) is 4.29. The normalized spacial score (nSPS) is 12.2. The molecule has 1 aromatic heterocycles. The van der Waals surface area contributed by atoms with Crippen molar-refractivity contribution in [3.8, 4) is 5.88 Å². The van der Waals surface area contributed by atoms with Crippen LogP contribution in [0.5, 0.6) is 5.88 Å². The van der Waals surface area contributed by atoms with E-state index < -0.39 is 0 Å². The van der Waals surface area contributed by atoms with Gasteiger partial charge in [0.15, 0.2) is 0 Å². The van der Waals surface area contributed by atoms with Gasteiger partial charge < -0.3 is 10.1 Å². The van der Waals surface area contributed by atoms with Crippen molar-refractivity contribution in [3.05, 3.63) is 51.9 Å². The van der Waals surface area contributed by atoms with Crippen molar-refractivity contribution in [3.63, 3.8) is 0 Å². The highest BCUT2D eigenvalue weighted by atomic mass is 79.9. The van der Waals surface area contributed by atoms with Crippen LogP contribution in [0.15, 0.2) is 34.8 Å². The second kappa shape index (κ2) is 6.76. The fourth-order valence-electron chi connectivity index (χ4n) is 1.88. The van der Waals surface area contributed by atoms with Gasteiger partial charge in [0, 0.05) is 6.07 Å². The van der Waals surface area contributed by atoms with Gasteiger partial charge in [0.1, 0.15) is 5.82 Å². The Morgan fingerprint density at radius 1 is 1.30 bits per heavy atom. The summed E-state index contributed by atoms with van der Waals surface area (Å²) in [5, 5.41) is 11.3. The van der Waals surface area contributed by atoms with Crippen molar-refractivity contribution >= 4 is 15.9 Å². The Bertz CT molecular complexity index is 577. The van der Waals surface area contributed by atoms with Gasteiger partial charge in [-0.25, -0.2) is 4.39 Å². The number of likely N-dealkylation sites (N-methyl/N-ethyl adjacent to an activating group) is 1. The second-order valence-corrected chi connectivity index (χ2v) is 5.15. The van der Waals surface area contributed by atoms with E-state index in [4.69, 9.17) is 4.74 Å². The van der Waals surface area contributed by atoms with Gasteiger partial charge in [-0.15, -0.1) is 5.10 Å². The summed E-state index contributed by atoms with van der Waals surface area (Å²) in [7, 11) is 3.41. The number of halogens is 2. The molecule has 0 aliphatic rings. The summed E-state index contributed by atoms with van der Waals surface area (Å²) in [5.74, 6) is 0.215. The molecule has 20 heavy (non-hydrogen) atoms. The quantitative estimate of drug-likeness (QED) is 0.909. The number of aromatic nitrogens is 2. The average molecular weight is 340 g/mol. The van der Waals surface area contributed by atoms with Gasteiger partial charge in [-0.05, 0) is 53.2 Å². The van der Waals surface area contributed by atoms with E-state index in [9.17, 15) is 4.39 Å². The first-order valence-corrected chi connectivity index (χ1v) is 6.92. The molecule has 1 atom stereocenters. The lowest BCUT2D eigenvalue weighted by molar-refractivity contribution is 0.389. The van der Waals surface area contributed by atoms with E-state index in [0.717, 1.165) is 11.3 Å². The molecule has 1 heterocycles. The third-order valence-corrected chi connectivity index (χ3v) is 3.61. The van der Waals surface area contributed by atoms with E-state index in [2.05, 4.69) is 31.4 Å². The minimum Gasteiger partial charge on any atom is -0.480 e. The molecule has 1 unspecified atom stereocenters. The molecule has 1 aromatic carbocycles. The molecule has 0 radical (unpaired) electrons. The molecule has 0 saturated carbocycles. The largest absolute Gasteiger partial charge is 0.480 e. The maximum Gasteiger partial charge on any atom is 0.233 e. The highest BCUT2D eigenvalue weighted by molar-refractivity contribution is 9.10. The van der Waals surface area contributed by atoms with Crippen LogP contribution < -0.4 is 10.1 Å². The van der Waals surface area contributed by atoms with Crippen LogP contribution in [-0.2, 0) is 6.42 Å². The molecule has 1 N–H and O–H groups in total. The summed E-state index contributed by atoms with van der Waals surface area (Å²) in [5.41, 5.74) is 1.82. The van der Waals surface area contributed by atoms with Gasteiger partial charge in [0.2, 0.25) is 5.88 Å². The summed E-state index contributed by atoms with van der Waals surface area (Å²) in [6.07, 6.45) is 0.691. The van der Waals surface area contributed by atoms with Crippen LogP contribution in [0.25, 0.3) is 0 Å². The van der Waals surface area contributed by atoms with E-state index in [1.54, 1.807) is 25.3 Å². The number of nitrogens with one attached hydrogen (secondary N) is 1. The molecule has 0 saturated heterocycles. The molecular weight excluding hydrogens is 325 g/mol.